The Morgan fingerprint density at radius 1 is 1.20 bits per heavy atom. The molecule has 0 radical (unpaired) electrons. The smallest absolute Gasteiger partial charge is 0.310 e. The maximum Gasteiger partial charge on any atom is 0.310 e. The molecule has 0 saturated carbocycles. The van der Waals surface area contributed by atoms with Gasteiger partial charge in [-0.1, -0.05) is 48.5 Å². The number of esters is 1. The van der Waals surface area contributed by atoms with Gasteiger partial charge < -0.3 is 19.2 Å². The van der Waals surface area contributed by atoms with Gasteiger partial charge >= 0.3 is 5.97 Å². The van der Waals surface area contributed by atoms with E-state index in [-0.39, 0.29) is 18.6 Å². The molecule has 0 N–H and O–H groups in total. The fourth-order valence-corrected chi connectivity index (χ4v) is 4.96. The van der Waals surface area contributed by atoms with Crippen molar-refractivity contribution >= 4 is 17.9 Å². The summed E-state index contributed by atoms with van der Waals surface area (Å²) in [6.45, 7) is 6.78. The second kappa shape index (κ2) is 7.88. The van der Waals surface area contributed by atoms with E-state index in [1.54, 1.807) is 0 Å². The number of aldehydes is 1. The predicted octanol–water partition coefficient (Wildman–Crippen LogP) is 4.24. The largest absolute Gasteiger partial charge is 0.460 e. The lowest BCUT2D eigenvalue weighted by Crippen LogP contribution is -2.50. The molecule has 1 fully saturated rings. The molecule has 2 aromatic carbocycles. The lowest BCUT2D eigenvalue weighted by atomic mass is 9.68. The normalized spacial score (nSPS) is 23.6. The number of benzene rings is 2. The molecule has 0 amide bonds. The molecule has 30 heavy (non-hydrogen) atoms. The van der Waals surface area contributed by atoms with E-state index < -0.39 is 16.9 Å². The molecule has 3 atom stereocenters. The van der Waals surface area contributed by atoms with Gasteiger partial charge in [0.15, 0.2) is 0 Å². The Hall–Kier alpha value is -2.66. The van der Waals surface area contributed by atoms with Crippen molar-refractivity contribution in [3.8, 4) is 0 Å². The zero-order valence-corrected chi connectivity index (χ0v) is 17.8. The molecule has 2 aromatic rings. The zero-order chi connectivity index (χ0) is 21.4. The zero-order valence-electron chi connectivity index (χ0n) is 17.8. The summed E-state index contributed by atoms with van der Waals surface area (Å²) in [6, 6.07) is 18.4. The summed E-state index contributed by atoms with van der Waals surface area (Å²) in [5.74, 6) is -0.926. The Morgan fingerprint density at radius 2 is 1.90 bits per heavy atom. The van der Waals surface area contributed by atoms with Gasteiger partial charge in [-0.05, 0) is 44.4 Å². The maximum absolute atomic E-state index is 13.3. The van der Waals surface area contributed by atoms with Crippen LogP contribution >= 0.6 is 0 Å². The van der Waals surface area contributed by atoms with Crippen LogP contribution in [0.1, 0.15) is 44.7 Å². The first-order valence-corrected chi connectivity index (χ1v) is 10.5. The summed E-state index contributed by atoms with van der Waals surface area (Å²) in [5, 5.41) is 0. The van der Waals surface area contributed by atoms with Crippen LogP contribution in [0, 0.1) is 5.92 Å². The van der Waals surface area contributed by atoms with E-state index >= 15 is 0 Å². The van der Waals surface area contributed by atoms with Crippen molar-refractivity contribution in [2.24, 2.45) is 5.92 Å². The number of carbonyl (C=O) groups excluding carboxylic acids is 2. The number of anilines is 1. The summed E-state index contributed by atoms with van der Waals surface area (Å²) in [7, 11) is 0. The van der Waals surface area contributed by atoms with Gasteiger partial charge in [-0.25, -0.2) is 0 Å². The van der Waals surface area contributed by atoms with Crippen molar-refractivity contribution in [2.45, 2.75) is 57.4 Å². The van der Waals surface area contributed by atoms with Crippen molar-refractivity contribution in [3.63, 3.8) is 0 Å². The van der Waals surface area contributed by atoms with Gasteiger partial charge in [0.1, 0.15) is 18.1 Å². The summed E-state index contributed by atoms with van der Waals surface area (Å²) in [6.07, 6.45) is 1.31. The molecule has 2 heterocycles. The molecule has 0 unspecified atom stereocenters. The van der Waals surface area contributed by atoms with Gasteiger partial charge in [0.2, 0.25) is 0 Å². The molecule has 2 aliphatic rings. The first-order chi connectivity index (χ1) is 14.4. The van der Waals surface area contributed by atoms with Gasteiger partial charge in [0, 0.05) is 18.7 Å². The van der Waals surface area contributed by atoms with Crippen molar-refractivity contribution in [1.82, 2.24) is 0 Å². The minimum Gasteiger partial charge on any atom is -0.460 e. The van der Waals surface area contributed by atoms with E-state index in [9.17, 15) is 9.59 Å². The molecule has 1 saturated heterocycles. The van der Waals surface area contributed by atoms with Crippen molar-refractivity contribution < 1.29 is 19.1 Å². The van der Waals surface area contributed by atoms with Gasteiger partial charge in [0.25, 0.3) is 0 Å². The molecule has 5 heteroatoms. The monoisotopic (exact) mass is 407 g/mol. The Kier molecular flexibility index (Phi) is 5.41. The number of nitrogens with zero attached hydrogens (tertiary/aromatic N) is 1. The Morgan fingerprint density at radius 3 is 2.60 bits per heavy atom. The highest BCUT2D eigenvalue weighted by molar-refractivity contribution is 5.81. The van der Waals surface area contributed by atoms with Crippen LogP contribution in [-0.4, -0.2) is 30.7 Å². The van der Waals surface area contributed by atoms with Crippen LogP contribution in [0.15, 0.2) is 54.6 Å². The highest BCUT2D eigenvalue weighted by atomic mass is 16.6. The van der Waals surface area contributed by atoms with E-state index in [4.69, 9.17) is 9.47 Å². The third-order valence-electron chi connectivity index (χ3n) is 6.07. The highest BCUT2D eigenvalue weighted by Gasteiger charge is 2.61. The average molecular weight is 408 g/mol. The van der Waals surface area contributed by atoms with Crippen molar-refractivity contribution in [3.05, 3.63) is 65.7 Å². The van der Waals surface area contributed by atoms with Crippen LogP contribution in [0.3, 0.4) is 0 Å². The lowest BCUT2D eigenvalue weighted by Gasteiger charge is -2.38. The average Bonchev–Trinajstić information content (AvgIpc) is 3.24. The number of hydrogen-bond donors (Lipinski definition) is 0. The van der Waals surface area contributed by atoms with Crippen LogP contribution in [0.4, 0.5) is 5.69 Å². The second-order valence-electron chi connectivity index (χ2n) is 9.13. The van der Waals surface area contributed by atoms with Crippen LogP contribution in [-0.2, 0) is 31.0 Å². The van der Waals surface area contributed by atoms with Gasteiger partial charge in [-0.2, -0.15) is 0 Å². The molecule has 158 valence electrons. The van der Waals surface area contributed by atoms with Gasteiger partial charge in [-0.15, -0.1) is 0 Å². The quantitative estimate of drug-likeness (QED) is 0.530. The number of carbonyl (C=O) groups is 2. The molecule has 0 bridgehead atoms. The van der Waals surface area contributed by atoms with Crippen LogP contribution in [0.2, 0.25) is 0 Å². The molecule has 0 aliphatic carbocycles. The SMILES string of the molecule is CC(C)(C)OC(=O)[C@H](CC=O)[C@@]12CCO[C@@H]1N(Cc1ccccc1)c1ccccc12. The predicted molar refractivity (Wildman–Crippen MR) is 115 cm³/mol. The summed E-state index contributed by atoms with van der Waals surface area (Å²) >= 11 is 0. The molecule has 2 aliphatic heterocycles. The van der Waals surface area contributed by atoms with Crippen LogP contribution in [0.25, 0.3) is 0 Å². The van der Waals surface area contributed by atoms with Crippen molar-refractivity contribution in [2.75, 3.05) is 11.5 Å². The molecule has 0 spiro atoms. The van der Waals surface area contributed by atoms with Crippen LogP contribution < -0.4 is 4.90 Å². The number of hydrogen-bond acceptors (Lipinski definition) is 5. The van der Waals surface area contributed by atoms with Crippen LogP contribution in [0.5, 0.6) is 0 Å². The third-order valence-corrected chi connectivity index (χ3v) is 6.07. The summed E-state index contributed by atoms with van der Waals surface area (Å²) < 4.78 is 12.0. The van der Waals surface area contributed by atoms with Gasteiger partial charge in [0.05, 0.1) is 17.9 Å². The van der Waals surface area contributed by atoms with E-state index in [1.807, 2.05) is 51.1 Å². The summed E-state index contributed by atoms with van der Waals surface area (Å²) in [5.41, 5.74) is 2.08. The van der Waals surface area contributed by atoms with E-state index in [2.05, 4.69) is 29.2 Å². The maximum atomic E-state index is 13.3. The van der Waals surface area contributed by atoms with Gasteiger partial charge in [-0.3, -0.25) is 4.79 Å². The van der Waals surface area contributed by atoms with E-state index in [0.717, 1.165) is 17.5 Å². The molecule has 0 aromatic heterocycles. The third kappa shape index (κ3) is 3.52. The molecular weight excluding hydrogens is 378 g/mol. The molecule has 4 rings (SSSR count). The Bertz CT molecular complexity index is 920. The fraction of sp³-hybridized carbons (Fsp3) is 0.440. The minimum atomic E-state index is -0.619. The molecular formula is C25H29NO4. The number of fused-ring (bicyclic) bond motifs is 3. The summed E-state index contributed by atoms with van der Waals surface area (Å²) in [4.78, 5) is 27.2. The Labute approximate surface area is 178 Å². The Balaban J connectivity index is 1.79. The first kappa shape index (κ1) is 20.6. The minimum absolute atomic E-state index is 0.113. The second-order valence-corrected chi connectivity index (χ2v) is 9.13. The number of rotatable bonds is 6. The van der Waals surface area contributed by atoms with E-state index in [0.29, 0.717) is 19.6 Å². The first-order valence-electron chi connectivity index (χ1n) is 10.5. The van der Waals surface area contributed by atoms with E-state index in [1.165, 1.54) is 5.56 Å². The fourth-order valence-electron chi connectivity index (χ4n) is 4.96. The topological polar surface area (TPSA) is 55.8 Å². The number of para-hydroxylation sites is 1. The molecule has 5 nitrogen and oxygen atoms in total. The standard InChI is InChI=1S/C25H29NO4/c1-24(2,3)30-22(28)20(13-15-27)25-14-16-29-23(25)26(17-18-9-5-4-6-10-18)21-12-8-7-11-19(21)25/h4-12,15,20,23H,13-14,16-17H2,1-3H3/t20-,23-,25-/m0/s1. The van der Waals surface area contributed by atoms with Crippen molar-refractivity contribution in [1.29, 1.82) is 0 Å². The highest BCUT2D eigenvalue weighted by Crippen LogP contribution is 2.56. The number of ether oxygens (including phenoxy) is 2. The lowest BCUT2D eigenvalue weighted by molar-refractivity contribution is -0.164.